The number of rotatable bonds is 9. The second kappa shape index (κ2) is 10.2. The highest BCUT2D eigenvalue weighted by Gasteiger charge is 2.42. The Bertz CT molecular complexity index is 1020. The number of benzene rings is 2. The normalized spacial score (nSPS) is 13.7. The van der Waals surface area contributed by atoms with Gasteiger partial charge in [-0.2, -0.15) is 5.26 Å². The Kier molecular flexibility index (Phi) is 7.42. The molecule has 160 valence electrons. The summed E-state index contributed by atoms with van der Waals surface area (Å²) in [6.07, 6.45) is 0. The van der Waals surface area contributed by atoms with Crippen LogP contribution in [0.1, 0.15) is 11.1 Å². The minimum Gasteiger partial charge on any atom is -0.383 e. The third-order valence-electron chi connectivity index (χ3n) is 4.89. The molecular formula is C23H22ClN3O4. The predicted octanol–water partition coefficient (Wildman–Crippen LogP) is 3.09. The molecule has 1 aliphatic heterocycles. The van der Waals surface area contributed by atoms with Crippen LogP contribution < -0.4 is 4.90 Å². The average Bonchev–Trinajstić information content (AvgIpc) is 3.04. The van der Waals surface area contributed by atoms with Gasteiger partial charge in [-0.3, -0.25) is 9.59 Å². The molecule has 0 saturated carbocycles. The Hall–Kier alpha value is -3.18. The lowest BCUT2D eigenvalue weighted by Crippen LogP contribution is -2.37. The Balaban J connectivity index is 2.10. The minimum atomic E-state index is -0.438. The second-order valence-electron chi connectivity index (χ2n) is 6.81. The van der Waals surface area contributed by atoms with E-state index in [2.05, 4.69) is 0 Å². The van der Waals surface area contributed by atoms with Crippen molar-refractivity contribution in [2.24, 2.45) is 0 Å². The van der Waals surface area contributed by atoms with E-state index >= 15 is 0 Å². The molecule has 2 amide bonds. The number of anilines is 1. The van der Waals surface area contributed by atoms with Crippen molar-refractivity contribution in [3.8, 4) is 6.07 Å². The van der Waals surface area contributed by atoms with E-state index in [9.17, 15) is 9.59 Å². The third kappa shape index (κ3) is 4.78. The molecule has 3 rings (SSSR count). The molecule has 0 bridgehead atoms. The molecule has 0 aromatic heterocycles. The van der Waals surface area contributed by atoms with Gasteiger partial charge in [0.1, 0.15) is 5.70 Å². The van der Waals surface area contributed by atoms with Crippen LogP contribution >= 0.6 is 11.6 Å². The number of carbonyl (C=O) groups is 2. The molecule has 2 aromatic rings. The zero-order valence-electron chi connectivity index (χ0n) is 17.3. The summed E-state index contributed by atoms with van der Waals surface area (Å²) >= 11 is 6.02. The molecule has 0 saturated heterocycles. The van der Waals surface area contributed by atoms with Gasteiger partial charge in [0, 0.05) is 32.3 Å². The molecule has 0 fully saturated rings. The Morgan fingerprint density at radius 1 is 0.935 bits per heavy atom. The lowest BCUT2D eigenvalue weighted by molar-refractivity contribution is -0.120. The van der Waals surface area contributed by atoms with E-state index in [1.807, 2.05) is 6.07 Å². The smallest absolute Gasteiger partial charge is 0.282 e. The van der Waals surface area contributed by atoms with Crippen LogP contribution in [0.15, 0.2) is 54.2 Å². The summed E-state index contributed by atoms with van der Waals surface area (Å²) in [7, 11) is 3.15. The van der Waals surface area contributed by atoms with Crippen LogP contribution in [-0.4, -0.2) is 57.2 Å². The maximum Gasteiger partial charge on any atom is 0.282 e. The number of ether oxygens (including phenoxy) is 2. The summed E-state index contributed by atoms with van der Waals surface area (Å²) in [6.45, 7) is 1.57. The second-order valence-corrected chi connectivity index (χ2v) is 7.24. The van der Waals surface area contributed by atoms with E-state index < -0.39 is 11.8 Å². The molecule has 7 nitrogen and oxygen atoms in total. The molecule has 0 aliphatic carbocycles. The van der Waals surface area contributed by atoms with Crippen molar-refractivity contribution in [2.75, 3.05) is 45.4 Å². The molecule has 2 aromatic carbocycles. The van der Waals surface area contributed by atoms with E-state index in [1.165, 1.54) is 0 Å². The van der Waals surface area contributed by atoms with Gasteiger partial charge in [0.15, 0.2) is 0 Å². The summed E-state index contributed by atoms with van der Waals surface area (Å²) in [4.78, 5) is 29.9. The maximum absolute atomic E-state index is 13.5. The molecule has 0 N–H and O–H groups in total. The Morgan fingerprint density at radius 2 is 1.52 bits per heavy atom. The summed E-state index contributed by atoms with van der Waals surface area (Å²) in [6, 6.07) is 15.2. The van der Waals surface area contributed by atoms with Crippen molar-refractivity contribution in [3.63, 3.8) is 0 Å². The van der Waals surface area contributed by atoms with Gasteiger partial charge in [0.05, 0.1) is 36.1 Å². The summed E-state index contributed by atoms with van der Waals surface area (Å²) in [5.74, 6) is -0.876. The number of nitrogens with zero attached hydrogens (tertiary/aromatic N) is 3. The van der Waals surface area contributed by atoms with Gasteiger partial charge in [-0.15, -0.1) is 0 Å². The molecule has 31 heavy (non-hydrogen) atoms. The summed E-state index contributed by atoms with van der Waals surface area (Å²) in [5, 5.41) is 9.57. The highest BCUT2D eigenvalue weighted by Crippen LogP contribution is 2.35. The molecule has 0 unspecified atom stereocenters. The van der Waals surface area contributed by atoms with Crippen molar-refractivity contribution in [1.82, 2.24) is 4.90 Å². The first-order valence-corrected chi connectivity index (χ1v) is 10.0. The van der Waals surface area contributed by atoms with Crippen LogP contribution in [0.4, 0.5) is 5.69 Å². The summed E-state index contributed by atoms with van der Waals surface area (Å²) < 4.78 is 10.4. The largest absolute Gasteiger partial charge is 0.383 e. The summed E-state index contributed by atoms with van der Waals surface area (Å²) in [5.41, 5.74) is 2.00. The molecular weight excluding hydrogens is 418 g/mol. The number of halogens is 1. The van der Waals surface area contributed by atoms with Crippen molar-refractivity contribution in [3.05, 3.63) is 70.4 Å². The predicted molar refractivity (Wildman–Crippen MR) is 117 cm³/mol. The van der Waals surface area contributed by atoms with E-state index in [0.717, 1.165) is 4.90 Å². The molecule has 1 aliphatic rings. The lowest BCUT2D eigenvalue weighted by atomic mass is 10.0. The molecule has 1 heterocycles. The van der Waals surface area contributed by atoms with Crippen LogP contribution in [0, 0.1) is 11.3 Å². The topological polar surface area (TPSA) is 82.9 Å². The number of hydrogen-bond acceptors (Lipinski definition) is 6. The number of nitriles is 1. The van der Waals surface area contributed by atoms with Crippen molar-refractivity contribution >= 4 is 34.7 Å². The molecule has 8 heteroatoms. The number of carbonyl (C=O) groups excluding carboxylic acids is 2. The van der Waals surface area contributed by atoms with Gasteiger partial charge >= 0.3 is 0 Å². The number of imide groups is 1. The Morgan fingerprint density at radius 3 is 2.03 bits per heavy atom. The van der Waals surface area contributed by atoms with Gasteiger partial charge < -0.3 is 14.4 Å². The van der Waals surface area contributed by atoms with Crippen LogP contribution in [0.2, 0.25) is 5.02 Å². The van der Waals surface area contributed by atoms with Crippen LogP contribution in [-0.2, 0) is 19.1 Å². The monoisotopic (exact) mass is 439 g/mol. The van der Waals surface area contributed by atoms with Crippen molar-refractivity contribution < 1.29 is 19.1 Å². The first-order valence-electron chi connectivity index (χ1n) is 9.63. The molecule has 0 spiro atoms. The fourth-order valence-corrected chi connectivity index (χ4v) is 3.47. The highest BCUT2D eigenvalue weighted by atomic mass is 35.5. The van der Waals surface area contributed by atoms with Gasteiger partial charge in [-0.25, -0.2) is 4.90 Å². The van der Waals surface area contributed by atoms with E-state index in [-0.39, 0.29) is 5.70 Å². The maximum atomic E-state index is 13.5. The van der Waals surface area contributed by atoms with Crippen LogP contribution in [0.25, 0.3) is 5.57 Å². The fraction of sp³-hybridized carbons (Fsp3) is 0.261. The minimum absolute atomic E-state index is 0.283. The van der Waals surface area contributed by atoms with Gasteiger partial charge in [-0.05, 0) is 42.0 Å². The van der Waals surface area contributed by atoms with Crippen LogP contribution in [0.5, 0.6) is 0 Å². The first kappa shape index (κ1) is 22.5. The quantitative estimate of drug-likeness (QED) is 0.558. The fourth-order valence-electron chi connectivity index (χ4n) is 3.35. The molecule has 0 atom stereocenters. The Labute approximate surface area is 186 Å². The number of hydrogen-bond donors (Lipinski definition) is 0. The molecule has 0 radical (unpaired) electrons. The number of methoxy groups -OCH3 is 2. The van der Waals surface area contributed by atoms with Gasteiger partial charge in [0.25, 0.3) is 11.8 Å². The van der Waals surface area contributed by atoms with E-state index in [1.54, 1.807) is 67.7 Å². The average molecular weight is 440 g/mol. The highest BCUT2D eigenvalue weighted by molar-refractivity contribution is 6.45. The zero-order chi connectivity index (χ0) is 22.4. The van der Waals surface area contributed by atoms with Crippen LogP contribution in [0.3, 0.4) is 0 Å². The SMILES string of the molecule is COCCN(CCOC)C1=C(c2ccc(Cl)cc2)C(=O)N(c2ccc(C#N)cc2)C1=O. The standard InChI is InChI=1S/C23H22ClN3O4/c1-30-13-11-26(12-14-31-2)21-20(17-5-7-18(24)8-6-17)22(28)27(23(21)29)19-9-3-16(15-25)4-10-19/h3-10H,11-14H2,1-2H3. The van der Waals surface area contributed by atoms with Crippen molar-refractivity contribution in [1.29, 1.82) is 5.26 Å². The number of amides is 2. The van der Waals surface area contributed by atoms with Crippen molar-refractivity contribution in [2.45, 2.75) is 0 Å². The lowest BCUT2D eigenvalue weighted by Gasteiger charge is -2.25. The zero-order valence-corrected chi connectivity index (χ0v) is 18.1. The van der Waals surface area contributed by atoms with Gasteiger partial charge in [-0.1, -0.05) is 23.7 Å². The van der Waals surface area contributed by atoms with Gasteiger partial charge in [0.2, 0.25) is 0 Å². The first-order chi connectivity index (χ1) is 15.0. The van der Waals surface area contributed by atoms with E-state index in [0.29, 0.717) is 53.7 Å². The van der Waals surface area contributed by atoms with E-state index in [4.69, 9.17) is 26.3 Å². The third-order valence-corrected chi connectivity index (χ3v) is 5.15.